The largest absolute Gasteiger partial charge is 0.492 e. The third-order valence-corrected chi connectivity index (χ3v) is 4.87. The lowest BCUT2D eigenvalue weighted by atomic mass is 10.1. The van der Waals surface area contributed by atoms with E-state index in [-0.39, 0.29) is 24.5 Å². The molecule has 0 saturated carbocycles. The summed E-state index contributed by atoms with van der Waals surface area (Å²) in [7, 11) is 0. The fraction of sp³-hybridized carbons (Fsp3) is 0.100. The molecule has 2 aromatic carbocycles. The van der Waals surface area contributed by atoms with Gasteiger partial charge in [-0.15, -0.1) is 11.3 Å². The Labute approximate surface area is 153 Å². The molecule has 0 spiro atoms. The van der Waals surface area contributed by atoms with Crippen molar-refractivity contribution >= 4 is 22.1 Å². The van der Waals surface area contributed by atoms with Crippen molar-refractivity contribution < 1.29 is 9.13 Å². The molecule has 2 aromatic heterocycles. The summed E-state index contributed by atoms with van der Waals surface area (Å²) >= 11 is 1.58. The molecular weight excluding hydrogens is 351 g/mol. The number of ether oxygens (including phenoxy) is 1. The zero-order chi connectivity index (χ0) is 17.9. The van der Waals surface area contributed by atoms with Crippen LogP contribution >= 0.6 is 11.3 Å². The number of rotatable bonds is 5. The summed E-state index contributed by atoms with van der Waals surface area (Å²) in [4.78, 5) is 13.7. The molecule has 0 aliphatic heterocycles. The molecule has 0 atom stereocenters. The quantitative estimate of drug-likeness (QED) is 0.528. The Morgan fingerprint density at radius 3 is 2.65 bits per heavy atom. The van der Waals surface area contributed by atoms with E-state index in [0.29, 0.717) is 11.1 Å². The molecule has 0 radical (unpaired) electrons. The normalized spacial score (nSPS) is 11.0. The highest BCUT2D eigenvalue weighted by molar-refractivity contribution is 7.13. The first-order chi connectivity index (χ1) is 12.7. The second kappa shape index (κ2) is 7.09. The number of nitrogens with zero attached hydrogens (tertiary/aromatic N) is 2. The zero-order valence-electron chi connectivity index (χ0n) is 13.8. The van der Waals surface area contributed by atoms with Gasteiger partial charge in [0.2, 0.25) is 0 Å². The first-order valence-corrected chi connectivity index (χ1v) is 9.02. The van der Waals surface area contributed by atoms with E-state index in [1.54, 1.807) is 29.5 Å². The number of thiophene rings is 1. The van der Waals surface area contributed by atoms with Crippen LogP contribution in [0.3, 0.4) is 0 Å². The topological polar surface area (TPSA) is 44.1 Å². The van der Waals surface area contributed by atoms with Crippen molar-refractivity contribution in [2.45, 2.75) is 6.54 Å². The van der Waals surface area contributed by atoms with E-state index < -0.39 is 0 Å². The Morgan fingerprint density at radius 2 is 1.88 bits per heavy atom. The van der Waals surface area contributed by atoms with Crippen LogP contribution in [0, 0.1) is 5.82 Å². The van der Waals surface area contributed by atoms with E-state index in [9.17, 15) is 9.18 Å². The lowest BCUT2D eigenvalue weighted by molar-refractivity contribution is 0.287. The predicted molar refractivity (Wildman–Crippen MR) is 101 cm³/mol. The van der Waals surface area contributed by atoms with Crippen molar-refractivity contribution in [3.05, 3.63) is 82.2 Å². The van der Waals surface area contributed by atoms with Gasteiger partial charge in [0.25, 0.3) is 5.56 Å². The van der Waals surface area contributed by atoms with Crippen LogP contribution in [0.1, 0.15) is 0 Å². The number of aromatic nitrogens is 2. The molecule has 0 fully saturated rings. The van der Waals surface area contributed by atoms with E-state index in [1.807, 2.05) is 35.7 Å². The zero-order valence-corrected chi connectivity index (χ0v) is 14.6. The molecule has 0 bridgehead atoms. The van der Waals surface area contributed by atoms with Crippen LogP contribution in [-0.4, -0.2) is 16.4 Å². The van der Waals surface area contributed by atoms with Gasteiger partial charge in [0.05, 0.1) is 16.8 Å². The van der Waals surface area contributed by atoms with Gasteiger partial charge in [-0.05, 0) is 29.6 Å². The van der Waals surface area contributed by atoms with Crippen LogP contribution in [0.25, 0.3) is 21.3 Å². The molecular formula is C20H15FN2O2S. The number of hydrogen-bond donors (Lipinski definition) is 0. The van der Waals surface area contributed by atoms with E-state index >= 15 is 0 Å². The van der Waals surface area contributed by atoms with Gasteiger partial charge in [-0.1, -0.05) is 30.3 Å². The van der Waals surface area contributed by atoms with Gasteiger partial charge in [-0.25, -0.2) is 9.07 Å². The standard InChI is InChI=1S/C20H15FN2O2S/c21-14-5-3-6-15(13-14)25-11-10-23-20(24)17-8-2-1-7-16(17)19(22-23)18-9-4-12-26-18/h1-9,12-13H,10-11H2. The molecule has 26 heavy (non-hydrogen) atoms. The monoisotopic (exact) mass is 366 g/mol. The van der Waals surface area contributed by atoms with Crippen molar-refractivity contribution in [3.8, 4) is 16.3 Å². The highest BCUT2D eigenvalue weighted by Gasteiger charge is 2.12. The first-order valence-electron chi connectivity index (χ1n) is 8.14. The van der Waals surface area contributed by atoms with Crippen LogP contribution in [0.4, 0.5) is 4.39 Å². The summed E-state index contributed by atoms with van der Waals surface area (Å²) in [6, 6.07) is 17.3. The van der Waals surface area contributed by atoms with Crippen molar-refractivity contribution in [2.24, 2.45) is 0 Å². The molecule has 4 aromatic rings. The summed E-state index contributed by atoms with van der Waals surface area (Å²) in [5.74, 6) is 0.0702. The average Bonchev–Trinajstić information content (AvgIpc) is 3.18. The van der Waals surface area contributed by atoms with E-state index in [0.717, 1.165) is 16.0 Å². The van der Waals surface area contributed by atoms with Crippen LogP contribution in [-0.2, 0) is 6.54 Å². The van der Waals surface area contributed by atoms with Gasteiger partial charge in [-0.2, -0.15) is 5.10 Å². The van der Waals surface area contributed by atoms with E-state index in [2.05, 4.69) is 5.10 Å². The fourth-order valence-corrected chi connectivity index (χ4v) is 3.51. The highest BCUT2D eigenvalue weighted by Crippen LogP contribution is 2.28. The van der Waals surface area contributed by atoms with Gasteiger partial charge >= 0.3 is 0 Å². The minimum atomic E-state index is -0.358. The van der Waals surface area contributed by atoms with Crippen LogP contribution in [0.2, 0.25) is 0 Å². The van der Waals surface area contributed by atoms with E-state index in [1.165, 1.54) is 16.8 Å². The van der Waals surface area contributed by atoms with Crippen molar-refractivity contribution in [2.75, 3.05) is 6.61 Å². The summed E-state index contributed by atoms with van der Waals surface area (Å²) in [6.07, 6.45) is 0. The minimum absolute atomic E-state index is 0.163. The van der Waals surface area contributed by atoms with Gasteiger partial charge < -0.3 is 4.74 Å². The second-order valence-corrected chi connectivity index (χ2v) is 6.65. The fourth-order valence-electron chi connectivity index (χ4n) is 2.79. The number of halogens is 1. The molecule has 4 nitrogen and oxygen atoms in total. The maximum atomic E-state index is 13.2. The Hall–Kier alpha value is -2.99. The summed E-state index contributed by atoms with van der Waals surface area (Å²) < 4.78 is 20.2. The summed E-state index contributed by atoms with van der Waals surface area (Å²) in [5, 5.41) is 7.99. The second-order valence-electron chi connectivity index (χ2n) is 5.71. The van der Waals surface area contributed by atoms with E-state index in [4.69, 9.17) is 4.74 Å². The van der Waals surface area contributed by atoms with Crippen LogP contribution in [0.15, 0.2) is 70.8 Å². The predicted octanol–water partition coefficient (Wildman–Crippen LogP) is 4.34. The van der Waals surface area contributed by atoms with Gasteiger partial charge in [0.1, 0.15) is 23.9 Å². The van der Waals surface area contributed by atoms with Crippen molar-refractivity contribution in [3.63, 3.8) is 0 Å². The molecule has 0 amide bonds. The van der Waals surface area contributed by atoms with Crippen molar-refractivity contribution in [1.29, 1.82) is 0 Å². The Bertz CT molecular complexity index is 1110. The molecule has 130 valence electrons. The van der Waals surface area contributed by atoms with Gasteiger partial charge in [-0.3, -0.25) is 4.79 Å². The highest BCUT2D eigenvalue weighted by atomic mass is 32.1. The molecule has 0 unspecified atom stereocenters. The molecule has 0 N–H and O–H groups in total. The Kier molecular flexibility index (Phi) is 4.50. The van der Waals surface area contributed by atoms with Gasteiger partial charge in [0, 0.05) is 11.5 Å². The average molecular weight is 366 g/mol. The smallest absolute Gasteiger partial charge is 0.274 e. The SMILES string of the molecule is O=c1c2ccccc2c(-c2cccs2)nn1CCOc1cccc(F)c1. The summed E-state index contributed by atoms with van der Waals surface area (Å²) in [5.41, 5.74) is 0.615. The third-order valence-electron chi connectivity index (χ3n) is 3.99. The molecule has 0 saturated heterocycles. The lowest BCUT2D eigenvalue weighted by Gasteiger charge is -2.11. The minimum Gasteiger partial charge on any atom is -0.492 e. The lowest BCUT2D eigenvalue weighted by Crippen LogP contribution is -2.26. The van der Waals surface area contributed by atoms with Crippen LogP contribution < -0.4 is 10.3 Å². The third kappa shape index (κ3) is 3.23. The molecule has 6 heteroatoms. The Morgan fingerprint density at radius 1 is 1.04 bits per heavy atom. The maximum Gasteiger partial charge on any atom is 0.274 e. The maximum absolute atomic E-state index is 13.2. The number of benzene rings is 2. The van der Waals surface area contributed by atoms with Gasteiger partial charge in [0.15, 0.2) is 0 Å². The molecule has 4 rings (SSSR count). The summed E-state index contributed by atoms with van der Waals surface area (Å²) in [6.45, 7) is 0.497. The number of fused-ring (bicyclic) bond motifs is 1. The number of hydrogen-bond acceptors (Lipinski definition) is 4. The van der Waals surface area contributed by atoms with Crippen LogP contribution in [0.5, 0.6) is 5.75 Å². The molecule has 2 heterocycles. The molecule has 0 aliphatic rings. The molecule has 0 aliphatic carbocycles. The van der Waals surface area contributed by atoms with Crippen molar-refractivity contribution in [1.82, 2.24) is 9.78 Å². The first kappa shape index (κ1) is 16.5. The Balaban J connectivity index is 1.67.